The van der Waals surface area contributed by atoms with Crippen LogP contribution in [0.25, 0.3) is 0 Å². The topological polar surface area (TPSA) is 49.6 Å². The molecule has 2 N–H and O–H groups in total. The first-order valence-electron chi connectivity index (χ1n) is 8.08. The van der Waals surface area contributed by atoms with Gasteiger partial charge >= 0.3 is 0 Å². The van der Waals surface area contributed by atoms with Crippen molar-refractivity contribution in [2.45, 2.75) is 13.5 Å². The highest BCUT2D eigenvalue weighted by atomic mass is 35.5. The van der Waals surface area contributed by atoms with Crippen molar-refractivity contribution < 1.29 is 4.79 Å². The molecule has 2 aromatic rings. The molecular weight excluding hydrogens is 357 g/mol. The van der Waals surface area contributed by atoms with Gasteiger partial charge in [0.2, 0.25) is 0 Å². The third kappa shape index (κ3) is 4.88. The number of para-hydroxylation sites is 1. The lowest BCUT2D eigenvalue weighted by atomic mass is 10.1. The molecule has 0 aliphatic carbocycles. The molecular formula is C19H25Cl2N3O. The fraction of sp³-hybridized carbons (Fsp3) is 0.316. The lowest BCUT2D eigenvalue weighted by Crippen LogP contribution is -2.49. The van der Waals surface area contributed by atoms with Crippen LogP contribution in [0.2, 0.25) is 0 Å². The van der Waals surface area contributed by atoms with Gasteiger partial charge < -0.3 is 15.5 Å². The molecule has 0 aromatic heterocycles. The monoisotopic (exact) mass is 381 g/mol. The Hall–Kier alpha value is -1.75. The van der Waals surface area contributed by atoms with Crippen LogP contribution in [0.5, 0.6) is 0 Å². The lowest BCUT2D eigenvalue weighted by molar-refractivity contribution is 0.0747. The zero-order valence-corrected chi connectivity index (χ0v) is 16.0. The molecule has 0 radical (unpaired) electrons. The van der Waals surface area contributed by atoms with Gasteiger partial charge in [-0.15, -0.1) is 24.8 Å². The molecule has 1 saturated heterocycles. The number of nitrogens with zero attached hydrogens (tertiary/aromatic N) is 2. The van der Waals surface area contributed by atoms with Crippen molar-refractivity contribution in [3.63, 3.8) is 0 Å². The van der Waals surface area contributed by atoms with Gasteiger partial charge in [0.25, 0.3) is 5.91 Å². The smallest absolute Gasteiger partial charge is 0.253 e. The normalized spacial score (nSPS) is 13.7. The van der Waals surface area contributed by atoms with Crippen LogP contribution >= 0.6 is 24.8 Å². The van der Waals surface area contributed by atoms with Crippen molar-refractivity contribution in [1.29, 1.82) is 0 Å². The van der Waals surface area contributed by atoms with Crippen molar-refractivity contribution >= 4 is 36.4 Å². The maximum atomic E-state index is 12.6. The number of nitrogens with two attached hydrogens (primary N) is 1. The Morgan fingerprint density at radius 2 is 1.56 bits per heavy atom. The number of hydrogen-bond acceptors (Lipinski definition) is 3. The molecule has 6 heteroatoms. The van der Waals surface area contributed by atoms with E-state index >= 15 is 0 Å². The summed E-state index contributed by atoms with van der Waals surface area (Å²) in [7, 11) is 0. The molecule has 136 valence electrons. The summed E-state index contributed by atoms with van der Waals surface area (Å²) < 4.78 is 0. The lowest BCUT2D eigenvalue weighted by Gasteiger charge is -2.36. The van der Waals surface area contributed by atoms with Gasteiger partial charge in [0.15, 0.2) is 0 Å². The number of carbonyl (C=O) groups excluding carboxylic acids is 1. The Morgan fingerprint density at radius 1 is 0.960 bits per heavy atom. The molecule has 0 spiro atoms. The summed E-state index contributed by atoms with van der Waals surface area (Å²) >= 11 is 0. The van der Waals surface area contributed by atoms with E-state index in [0.29, 0.717) is 6.54 Å². The van der Waals surface area contributed by atoms with Gasteiger partial charge in [0, 0.05) is 44.0 Å². The number of halogens is 2. The first kappa shape index (κ1) is 21.3. The average Bonchev–Trinajstić information content (AvgIpc) is 2.62. The van der Waals surface area contributed by atoms with E-state index in [9.17, 15) is 4.79 Å². The van der Waals surface area contributed by atoms with Crippen LogP contribution in [0, 0.1) is 6.92 Å². The number of aryl methyl sites for hydroxylation is 1. The van der Waals surface area contributed by atoms with E-state index in [1.54, 1.807) is 0 Å². The van der Waals surface area contributed by atoms with Gasteiger partial charge in [-0.1, -0.05) is 30.3 Å². The van der Waals surface area contributed by atoms with Crippen molar-refractivity contribution in [2.75, 3.05) is 31.1 Å². The van der Waals surface area contributed by atoms with E-state index in [2.05, 4.69) is 36.1 Å². The van der Waals surface area contributed by atoms with Crippen LogP contribution in [0.4, 0.5) is 5.69 Å². The number of hydrogen-bond donors (Lipinski definition) is 1. The van der Waals surface area contributed by atoms with Crippen LogP contribution < -0.4 is 10.6 Å². The molecule has 1 fully saturated rings. The molecule has 25 heavy (non-hydrogen) atoms. The Bertz CT molecular complexity index is 683. The second-order valence-corrected chi connectivity index (χ2v) is 5.97. The van der Waals surface area contributed by atoms with Gasteiger partial charge in [-0.25, -0.2) is 0 Å². The van der Waals surface area contributed by atoms with Crippen LogP contribution in [-0.4, -0.2) is 37.0 Å². The maximum absolute atomic E-state index is 12.6. The SMILES string of the molecule is Cc1ccccc1N1CCN(C(=O)c2ccc(CN)cc2)CC1.Cl.Cl. The molecule has 0 saturated carbocycles. The maximum Gasteiger partial charge on any atom is 0.253 e. The fourth-order valence-electron chi connectivity index (χ4n) is 3.03. The standard InChI is InChI=1S/C19H23N3O.2ClH/c1-15-4-2-3-5-18(15)21-10-12-22(13-11-21)19(23)17-8-6-16(14-20)7-9-17;;/h2-9H,10-14,20H2,1H3;2*1H. The first-order chi connectivity index (χ1) is 11.2. The average molecular weight is 382 g/mol. The van der Waals surface area contributed by atoms with E-state index in [4.69, 9.17) is 5.73 Å². The van der Waals surface area contributed by atoms with Crippen molar-refractivity contribution in [2.24, 2.45) is 5.73 Å². The largest absolute Gasteiger partial charge is 0.368 e. The van der Waals surface area contributed by atoms with Gasteiger partial charge in [0.1, 0.15) is 0 Å². The number of anilines is 1. The molecule has 2 aromatic carbocycles. The zero-order chi connectivity index (χ0) is 16.2. The van der Waals surface area contributed by atoms with E-state index in [-0.39, 0.29) is 30.7 Å². The number of rotatable bonds is 3. The van der Waals surface area contributed by atoms with Crippen molar-refractivity contribution in [1.82, 2.24) is 4.90 Å². The molecule has 0 unspecified atom stereocenters. The van der Waals surface area contributed by atoms with E-state index in [1.807, 2.05) is 29.2 Å². The summed E-state index contributed by atoms with van der Waals surface area (Å²) in [4.78, 5) is 16.9. The number of carbonyl (C=O) groups is 1. The number of piperazine rings is 1. The number of amides is 1. The highest BCUT2D eigenvalue weighted by Crippen LogP contribution is 2.21. The molecule has 1 amide bonds. The van der Waals surface area contributed by atoms with Gasteiger partial charge in [-0.3, -0.25) is 4.79 Å². The number of benzene rings is 2. The molecule has 3 rings (SSSR count). The Kier molecular flexibility index (Phi) is 8.23. The van der Waals surface area contributed by atoms with Crippen LogP contribution in [-0.2, 0) is 6.54 Å². The summed E-state index contributed by atoms with van der Waals surface area (Å²) in [5.41, 5.74) is 9.94. The minimum atomic E-state index is 0. The van der Waals surface area contributed by atoms with Crippen molar-refractivity contribution in [3.8, 4) is 0 Å². The predicted molar refractivity (Wildman–Crippen MR) is 108 cm³/mol. The zero-order valence-electron chi connectivity index (χ0n) is 14.4. The molecule has 1 aliphatic rings. The molecule has 1 aliphatic heterocycles. The van der Waals surface area contributed by atoms with Crippen LogP contribution in [0.3, 0.4) is 0 Å². The summed E-state index contributed by atoms with van der Waals surface area (Å²) in [6.07, 6.45) is 0. The second-order valence-electron chi connectivity index (χ2n) is 5.97. The quantitative estimate of drug-likeness (QED) is 0.887. The Morgan fingerprint density at radius 3 is 2.12 bits per heavy atom. The minimum absolute atomic E-state index is 0. The second kappa shape index (κ2) is 9.66. The predicted octanol–water partition coefficient (Wildman–Crippen LogP) is 3.26. The molecule has 0 bridgehead atoms. The molecule has 0 atom stereocenters. The van der Waals surface area contributed by atoms with Gasteiger partial charge in [0.05, 0.1) is 0 Å². The van der Waals surface area contributed by atoms with E-state index < -0.39 is 0 Å². The summed E-state index contributed by atoms with van der Waals surface area (Å²) in [5, 5.41) is 0. The van der Waals surface area contributed by atoms with Gasteiger partial charge in [-0.05, 0) is 36.2 Å². The Labute approximate surface area is 161 Å². The minimum Gasteiger partial charge on any atom is -0.368 e. The van der Waals surface area contributed by atoms with Crippen LogP contribution in [0.1, 0.15) is 21.5 Å². The van der Waals surface area contributed by atoms with E-state index in [1.165, 1.54) is 11.3 Å². The third-order valence-electron chi connectivity index (χ3n) is 4.46. The summed E-state index contributed by atoms with van der Waals surface area (Å²) in [6.45, 7) is 5.89. The highest BCUT2D eigenvalue weighted by Gasteiger charge is 2.22. The van der Waals surface area contributed by atoms with Gasteiger partial charge in [-0.2, -0.15) is 0 Å². The third-order valence-corrected chi connectivity index (χ3v) is 4.46. The summed E-state index contributed by atoms with van der Waals surface area (Å²) in [5.74, 6) is 0.109. The van der Waals surface area contributed by atoms with E-state index in [0.717, 1.165) is 37.3 Å². The Balaban J connectivity index is 0.00000156. The molecule has 4 nitrogen and oxygen atoms in total. The highest BCUT2D eigenvalue weighted by molar-refractivity contribution is 5.94. The first-order valence-corrected chi connectivity index (χ1v) is 8.08. The summed E-state index contributed by atoms with van der Waals surface area (Å²) in [6, 6.07) is 16.0. The fourth-order valence-corrected chi connectivity index (χ4v) is 3.03. The van der Waals surface area contributed by atoms with Crippen molar-refractivity contribution in [3.05, 3.63) is 65.2 Å². The molecule has 1 heterocycles. The van der Waals surface area contributed by atoms with Crippen LogP contribution in [0.15, 0.2) is 48.5 Å².